The van der Waals surface area contributed by atoms with E-state index in [-0.39, 0.29) is 17.8 Å². The van der Waals surface area contributed by atoms with Gasteiger partial charge >= 0.3 is 0 Å². The normalized spacial score (nSPS) is 10.3. The Hall–Kier alpha value is -2.48. The number of carbonyl (C=O) groups excluding carboxylic acids is 1. The number of anilines is 1. The van der Waals surface area contributed by atoms with E-state index in [1.54, 1.807) is 24.3 Å². The molecule has 1 N–H and O–H groups in total. The number of nitro groups is 1. The first-order valence-electron chi connectivity index (χ1n) is 6.28. The summed E-state index contributed by atoms with van der Waals surface area (Å²) >= 11 is 3.29. The van der Waals surface area contributed by atoms with E-state index >= 15 is 0 Å². The first kappa shape index (κ1) is 15.9. The zero-order chi connectivity index (χ0) is 16.3. The Kier molecular flexibility index (Phi) is 4.71. The number of aryl methyl sites for hydroxylation is 1. The van der Waals surface area contributed by atoms with Gasteiger partial charge in [-0.15, -0.1) is 0 Å². The fourth-order valence-electron chi connectivity index (χ4n) is 1.88. The van der Waals surface area contributed by atoms with Crippen LogP contribution in [0.2, 0.25) is 0 Å². The van der Waals surface area contributed by atoms with Crippen molar-refractivity contribution in [2.24, 2.45) is 0 Å². The van der Waals surface area contributed by atoms with Gasteiger partial charge in [-0.05, 0) is 35.0 Å². The molecule has 0 aliphatic rings. The van der Waals surface area contributed by atoms with Crippen molar-refractivity contribution in [3.05, 3.63) is 67.0 Å². The van der Waals surface area contributed by atoms with Crippen molar-refractivity contribution in [1.29, 1.82) is 0 Å². The van der Waals surface area contributed by atoms with Crippen LogP contribution in [0.15, 0.2) is 45.8 Å². The van der Waals surface area contributed by atoms with Gasteiger partial charge in [0.05, 0.1) is 16.8 Å². The summed E-state index contributed by atoms with van der Waals surface area (Å²) in [6.07, 6.45) is 1.08. The number of rotatable bonds is 4. The summed E-state index contributed by atoms with van der Waals surface area (Å²) in [4.78, 5) is 34.1. The third kappa shape index (κ3) is 3.59. The molecule has 8 heteroatoms. The van der Waals surface area contributed by atoms with Crippen molar-refractivity contribution in [3.8, 4) is 0 Å². The number of hydrogen-bond acceptors (Lipinski definition) is 4. The Balaban J connectivity index is 2.22. The molecule has 0 atom stereocenters. The molecule has 7 nitrogen and oxygen atoms in total. The van der Waals surface area contributed by atoms with Crippen LogP contribution in [0.25, 0.3) is 0 Å². The molecule has 2 aromatic rings. The van der Waals surface area contributed by atoms with E-state index in [1.165, 1.54) is 6.92 Å². The van der Waals surface area contributed by atoms with Gasteiger partial charge in [0.1, 0.15) is 6.54 Å². The SMILES string of the molecule is Cc1cc(=O)n(CC(=O)Nc2ccccc2Br)cc1[N+](=O)[O-]. The van der Waals surface area contributed by atoms with Crippen molar-refractivity contribution in [3.63, 3.8) is 0 Å². The molecule has 0 aliphatic heterocycles. The monoisotopic (exact) mass is 365 g/mol. The average Bonchev–Trinajstić information content (AvgIpc) is 2.44. The zero-order valence-corrected chi connectivity index (χ0v) is 13.2. The Bertz CT molecular complexity index is 801. The Morgan fingerprint density at radius 3 is 2.73 bits per heavy atom. The van der Waals surface area contributed by atoms with Crippen LogP contribution in [-0.4, -0.2) is 15.4 Å². The van der Waals surface area contributed by atoms with Crippen molar-refractivity contribution in [2.75, 3.05) is 5.32 Å². The van der Waals surface area contributed by atoms with Gasteiger partial charge in [0.25, 0.3) is 11.2 Å². The smallest absolute Gasteiger partial charge is 0.288 e. The minimum Gasteiger partial charge on any atom is -0.324 e. The molecule has 0 saturated carbocycles. The second kappa shape index (κ2) is 6.52. The fourth-order valence-corrected chi connectivity index (χ4v) is 2.26. The molecular formula is C14H12BrN3O4. The number of para-hydroxylation sites is 1. The van der Waals surface area contributed by atoms with E-state index in [4.69, 9.17) is 0 Å². The average molecular weight is 366 g/mol. The summed E-state index contributed by atoms with van der Waals surface area (Å²) < 4.78 is 1.71. The molecule has 0 bridgehead atoms. The lowest BCUT2D eigenvalue weighted by atomic mass is 10.2. The van der Waals surface area contributed by atoms with E-state index < -0.39 is 16.4 Å². The van der Waals surface area contributed by atoms with Gasteiger partial charge in [-0.1, -0.05) is 12.1 Å². The van der Waals surface area contributed by atoms with Crippen molar-refractivity contribution in [1.82, 2.24) is 4.57 Å². The van der Waals surface area contributed by atoms with Crippen LogP contribution in [-0.2, 0) is 11.3 Å². The molecule has 0 radical (unpaired) electrons. The number of hydrogen-bond donors (Lipinski definition) is 1. The highest BCUT2D eigenvalue weighted by Crippen LogP contribution is 2.21. The van der Waals surface area contributed by atoms with E-state index in [0.717, 1.165) is 16.8 Å². The van der Waals surface area contributed by atoms with Crippen molar-refractivity contribution in [2.45, 2.75) is 13.5 Å². The molecule has 0 aliphatic carbocycles. The predicted molar refractivity (Wildman–Crippen MR) is 84.9 cm³/mol. The molecule has 1 heterocycles. The molecule has 0 unspecified atom stereocenters. The highest BCUT2D eigenvalue weighted by Gasteiger charge is 2.15. The first-order chi connectivity index (χ1) is 10.4. The molecule has 1 aromatic carbocycles. The van der Waals surface area contributed by atoms with Crippen LogP contribution >= 0.6 is 15.9 Å². The summed E-state index contributed by atoms with van der Waals surface area (Å²) in [5.41, 5.74) is 0.151. The van der Waals surface area contributed by atoms with Gasteiger partial charge in [-0.2, -0.15) is 0 Å². The minimum absolute atomic E-state index is 0.201. The number of aromatic nitrogens is 1. The predicted octanol–water partition coefficient (Wildman–Crippen LogP) is 2.47. The number of benzene rings is 1. The molecule has 1 aromatic heterocycles. The van der Waals surface area contributed by atoms with Gasteiger partial charge in [0.2, 0.25) is 5.91 Å². The van der Waals surface area contributed by atoms with Crippen LogP contribution in [0.5, 0.6) is 0 Å². The van der Waals surface area contributed by atoms with Gasteiger partial charge in [-0.3, -0.25) is 24.3 Å². The van der Waals surface area contributed by atoms with E-state index in [1.807, 2.05) is 0 Å². The lowest BCUT2D eigenvalue weighted by molar-refractivity contribution is -0.385. The Labute approximate surface area is 133 Å². The highest BCUT2D eigenvalue weighted by molar-refractivity contribution is 9.10. The number of amides is 1. The lowest BCUT2D eigenvalue weighted by Gasteiger charge is -2.09. The van der Waals surface area contributed by atoms with Gasteiger partial charge in [0, 0.05) is 16.1 Å². The molecule has 0 fully saturated rings. The fraction of sp³-hybridized carbons (Fsp3) is 0.143. The number of nitrogens with zero attached hydrogens (tertiary/aromatic N) is 2. The van der Waals surface area contributed by atoms with E-state index in [9.17, 15) is 19.7 Å². The lowest BCUT2D eigenvalue weighted by Crippen LogP contribution is -2.27. The zero-order valence-electron chi connectivity index (χ0n) is 11.6. The van der Waals surface area contributed by atoms with E-state index in [2.05, 4.69) is 21.2 Å². The third-order valence-electron chi connectivity index (χ3n) is 2.96. The number of pyridine rings is 1. The first-order valence-corrected chi connectivity index (χ1v) is 7.07. The standard InChI is InChI=1S/C14H12BrN3O4/c1-9-6-14(20)17(7-12(9)18(21)22)8-13(19)16-11-5-3-2-4-10(11)15/h2-7H,8H2,1H3,(H,16,19). The molecule has 114 valence electrons. The molecular weight excluding hydrogens is 354 g/mol. The van der Waals surface area contributed by atoms with Crippen molar-refractivity contribution >= 4 is 33.2 Å². The number of halogens is 1. The van der Waals surface area contributed by atoms with Crippen LogP contribution in [0.1, 0.15) is 5.56 Å². The maximum atomic E-state index is 12.0. The van der Waals surface area contributed by atoms with Crippen LogP contribution in [0.3, 0.4) is 0 Å². The minimum atomic E-state index is -0.586. The third-order valence-corrected chi connectivity index (χ3v) is 3.66. The summed E-state index contributed by atoms with van der Waals surface area (Å²) in [7, 11) is 0. The molecule has 2 rings (SSSR count). The largest absolute Gasteiger partial charge is 0.324 e. The van der Waals surface area contributed by atoms with Crippen LogP contribution in [0, 0.1) is 17.0 Å². The van der Waals surface area contributed by atoms with Crippen LogP contribution < -0.4 is 10.9 Å². The number of carbonyl (C=O) groups is 1. The Morgan fingerprint density at radius 2 is 2.09 bits per heavy atom. The number of nitrogens with one attached hydrogen (secondary N) is 1. The molecule has 1 amide bonds. The van der Waals surface area contributed by atoms with Gasteiger partial charge in [-0.25, -0.2) is 0 Å². The summed E-state index contributed by atoms with van der Waals surface area (Å²) in [6.45, 7) is 1.17. The quantitative estimate of drug-likeness (QED) is 0.664. The Morgan fingerprint density at radius 1 is 1.41 bits per heavy atom. The maximum Gasteiger partial charge on any atom is 0.288 e. The second-order valence-electron chi connectivity index (χ2n) is 4.59. The highest BCUT2D eigenvalue weighted by atomic mass is 79.9. The summed E-state index contributed by atoms with van der Waals surface area (Å²) in [5, 5.41) is 13.5. The van der Waals surface area contributed by atoms with Crippen molar-refractivity contribution < 1.29 is 9.72 Å². The molecule has 0 spiro atoms. The topological polar surface area (TPSA) is 94.2 Å². The van der Waals surface area contributed by atoms with Gasteiger partial charge in [0.15, 0.2) is 0 Å². The van der Waals surface area contributed by atoms with E-state index in [0.29, 0.717) is 10.2 Å². The molecule has 0 saturated heterocycles. The maximum absolute atomic E-state index is 12.0. The summed E-state index contributed by atoms with van der Waals surface area (Å²) in [6, 6.07) is 8.15. The second-order valence-corrected chi connectivity index (χ2v) is 5.45. The molecule has 22 heavy (non-hydrogen) atoms. The van der Waals surface area contributed by atoms with Gasteiger partial charge < -0.3 is 5.32 Å². The van der Waals surface area contributed by atoms with Crippen LogP contribution in [0.4, 0.5) is 11.4 Å². The summed E-state index contributed by atoms with van der Waals surface area (Å²) in [5.74, 6) is -0.452.